The molecule has 0 unspecified atom stereocenters. The molecule has 0 N–H and O–H groups in total. The first-order valence-corrected chi connectivity index (χ1v) is 8.36. The molecule has 1 aromatic rings. The molecule has 5 heteroatoms. The molecule has 0 aliphatic rings. The van der Waals surface area contributed by atoms with Gasteiger partial charge in [-0.05, 0) is 19.3 Å². The molecule has 1 rings (SSSR count). The summed E-state index contributed by atoms with van der Waals surface area (Å²) in [4.78, 5) is 11.3. The minimum Gasteiger partial charge on any atom is -1.00 e. The van der Waals surface area contributed by atoms with Crippen LogP contribution in [0.25, 0.3) is 0 Å². The van der Waals surface area contributed by atoms with Crippen LogP contribution in [0, 0.1) is 0 Å². The number of methoxy groups -OCH3 is 1. The van der Waals surface area contributed by atoms with Crippen molar-refractivity contribution in [1.82, 2.24) is 4.57 Å². The molecule has 0 saturated carbocycles. The van der Waals surface area contributed by atoms with Crippen molar-refractivity contribution in [2.24, 2.45) is 0 Å². The predicted octanol–water partition coefficient (Wildman–Crippen LogP) is 0.266. The number of unbranched alkanes of at least 4 members (excludes halogenated alkanes) is 4. The number of esters is 1. The smallest absolute Gasteiger partial charge is 0.305 e. The van der Waals surface area contributed by atoms with Crippen molar-refractivity contribution >= 4 is 5.97 Å². The maximum Gasteiger partial charge on any atom is 0.305 e. The van der Waals surface area contributed by atoms with Gasteiger partial charge in [0, 0.05) is 6.42 Å². The van der Waals surface area contributed by atoms with Gasteiger partial charge in [0.15, 0.2) is 0 Å². The molecule has 0 aliphatic carbocycles. The van der Waals surface area contributed by atoms with Gasteiger partial charge in [-0.2, -0.15) is 0 Å². The first kappa shape index (κ1) is 21.2. The van der Waals surface area contributed by atoms with E-state index in [2.05, 4.69) is 35.5 Å². The summed E-state index contributed by atoms with van der Waals surface area (Å²) < 4.78 is 9.31. The fraction of sp³-hybridized carbons (Fsp3) is 0.765. The van der Waals surface area contributed by atoms with Crippen LogP contribution in [0.4, 0.5) is 0 Å². The third-order valence-electron chi connectivity index (χ3n) is 3.81. The largest absolute Gasteiger partial charge is 1.00 e. The summed E-state index contributed by atoms with van der Waals surface area (Å²) >= 11 is 0. The van der Waals surface area contributed by atoms with Crippen molar-refractivity contribution in [3.05, 3.63) is 18.2 Å². The van der Waals surface area contributed by atoms with Crippen LogP contribution in [-0.4, -0.2) is 17.6 Å². The van der Waals surface area contributed by atoms with Gasteiger partial charge >= 0.3 is 5.97 Å². The second kappa shape index (κ2) is 12.7. The second-order valence-corrected chi connectivity index (χ2v) is 5.66. The molecule has 1 aromatic heterocycles. The molecule has 0 amide bonds. The number of ether oxygens (including phenoxy) is 1. The summed E-state index contributed by atoms with van der Waals surface area (Å²) in [7, 11) is 1.45. The first-order valence-electron chi connectivity index (χ1n) is 8.36. The van der Waals surface area contributed by atoms with Crippen LogP contribution in [0.3, 0.4) is 0 Å². The van der Waals surface area contributed by atoms with E-state index in [0.717, 1.165) is 19.5 Å². The summed E-state index contributed by atoms with van der Waals surface area (Å²) in [5, 5.41) is 0. The zero-order valence-corrected chi connectivity index (χ0v) is 15.9. The Bertz CT molecular complexity index is 419. The summed E-state index contributed by atoms with van der Waals surface area (Å²) in [6.45, 7) is 6.55. The van der Waals surface area contributed by atoms with E-state index in [4.69, 9.17) is 4.74 Å². The second-order valence-electron chi connectivity index (χ2n) is 5.66. The molecule has 0 fully saturated rings. The molecule has 0 radical (unpaired) electrons. The highest BCUT2D eigenvalue weighted by Crippen LogP contribution is 2.05. The fourth-order valence-corrected chi connectivity index (χ4v) is 2.47. The van der Waals surface area contributed by atoms with E-state index in [1.165, 1.54) is 51.3 Å². The summed E-state index contributed by atoms with van der Waals surface area (Å²) in [5.74, 6) is -0.132. The molecule has 0 spiro atoms. The number of halogens is 1. The van der Waals surface area contributed by atoms with E-state index >= 15 is 0 Å². The van der Waals surface area contributed by atoms with Crippen LogP contribution in [0.1, 0.15) is 64.5 Å². The van der Waals surface area contributed by atoms with Crippen molar-refractivity contribution in [1.29, 1.82) is 0 Å². The van der Waals surface area contributed by atoms with Crippen molar-refractivity contribution in [2.75, 3.05) is 7.11 Å². The summed E-state index contributed by atoms with van der Waals surface area (Å²) in [6.07, 6.45) is 13.1. The molecule has 0 bridgehead atoms. The van der Waals surface area contributed by atoms with E-state index < -0.39 is 0 Å². The monoisotopic (exact) mass is 374 g/mol. The third kappa shape index (κ3) is 7.97. The first-order chi connectivity index (χ1) is 10.2. The zero-order chi connectivity index (χ0) is 15.5. The van der Waals surface area contributed by atoms with Gasteiger partial charge in [-0.1, -0.05) is 33.1 Å². The highest BCUT2D eigenvalue weighted by molar-refractivity contribution is 5.69. The molecule has 0 atom stereocenters. The van der Waals surface area contributed by atoms with E-state index in [-0.39, 0.29) is 23.0 Å². The molecule has 4 nitrogen and oxygen atoms in total. The van der Waals surface area contributed by atoms with Gasteiger partial charge < -0.3 is 21.7 Å². The lowest BCUT2D eigenvalue weighted by atomic mass is 10.2. The van der Waals surface area contributed by atoms with E-state index in [9.17, 15) is 4.79 Å². The molecule has 0 aromatic carbocycles. The standard InChI is InChI=1S/C17H31N2O2.BrH/c1-4-6-8-9-12-18-14-16(10-11-17(20)21-3)19(15-18)13-7-5-2;/h14-15H,4-13H2,1-3H3;1H/q+1;/p-1. The number of carbonyl (C=O) groups excluding carboxylic acids is 1. The quantitative estimate of drug-likeness (QED) is 0.316. The molecule has 0 aliphatic heterocycles. The van der Waals surface area contributed by atoms with Gasteiger partial charge in [0.1, 0.15) is 11.9 Å². The minimum atomic E-state index is -0.132. The van der Waals surface area contributed by atoms with E-state index in [1.807, 2.05) is 0 Å². The number of aryl methyl sites for hydroxylation is 3. The lowest BCUT2D eigenvalue weighted by Crippen LogP contribution is -3.00. The predicted molar refractivity (Wildman–Crippen MR) is 84.0 cm³/mol. The molecular weight excluding hydrogens is 344 g/mol. The third-order valence-corrected chi connectivity index (χ3v) is 3.81. The van der Waals surface area contributed by atoms with Crippen molar-refractivity contribution in [3.8, 4) is 0 Å². The lowest BCUT2D eigenvalue weighted by Gasteiger charge is -2.00. The maximum absolute atomic E-state index is 11.3. The zero-order valence-electron chi connectivity index (χ0n) is 14.3. The maximum atomic E-state index is 11.3. The lowest BCUT2D eigenvalue weighted by molar-refractivity contribution is -0.703. The molecular formula is C17H31BrN2O2. The Morgan fingerprint density at radius 2 is 1.91 bits per heavy atom. The number of carbonyl (C=O) groups is 1. The van der Waals surface area contributed by atoms with Gasteiger partial charge in [0.05, 0.1) is 26.6 Å². The van der Waals surface area contributed by atoms with E-state index in [0.29, 0.717) is 6.42 Å². The van der Waals surface area contributed by atoms with Gasteiger partial charge in [-0.25, -0.2) is 9.13 Å². The Labute approximate surface area is 145 Å². The number of aromatic nitrogens is 2. The Morgan fingerprint density at radius 1 is 1.18 bits per heavy atom. The van der Waals surface area contributed by atoms with Gasteiger partial charge in [0.25, 0.3) is 0 Å². The summed E-state index contributed by atoms with van der Waals surface area (Å²) in [6, 6.07) is 0. The number of rotatable bonds is 11. The minimum absolute atomic E-state index is 0. The van der Waals surface area contributed by atoms with Crippen molar-refractivity contribution in [3.63, 3.8) is 0 Å². The Kier molecular flexibility index (Phi) is 12.2. The molecule has 22 heavy (non-hydrogen) atoms. The van der Waals surface area contributed by atoms with Crippen LogP contribution in [0.15, 0.2) is 12.5 Å². The van der Waals surface area contributed by atoms with Crippen LogP contribution in [0.5, 0.6) is 0 Å². The number of hydrogen-bond acceptors (Lipinski definition) is 2. The van der Waals surface area contributed by atoms with E-state index in [1.54, 1.807) is 0 Å². The van der Waals surface area contributed by atoms with Gasteiger partial charge in [-0.15, -0.1) is 0 Å². The highest BCUT2D eigenvalue weighted by atomic mass is 79.9. The number of hydrogen-bond donors (Lipinski definition) is 0. The average Bonchev–Trinajstić information content (AvgIpc) is 2.89. The summed E-state index contributed by atoms with van der Waals surface area (Å²) in [5.41, 5.74) is 1.24. The molecule has 0 saturated heterocycles. The topological polar surface area (TPSA) is 35.1 Å². The van der Waals surface area contributed by atoms with Gasteiger partial charge in [0.2, 0.25) is 6.33 Å². The average molecular weight is 375 g/mol. The normalized spacial score (nSPS) is 10.3. The Balaban J connectivity index is 0.00000441. The van der Waals surface area contributed by atoms with Gasteiger partial charge in [-0.3, -0.25) is 4.79 Å². The van der Waals surface area contributed by atoms with Crippen LogP contribution in [0.2, 0.25) is 0 Å². The fourth-order valence-electron chi connectivity index (χ4n) is 2.47. The number of nitrogens with zero attached hydrogens (tertiary/aromatic N) is 2. The van der Waals surface area contributed by atoms with Crippen molar-refractivity contribution < 1.29 is 31.1 Å². The van der Waals surface area contributed by atoms with Crippen LogP contribution in [-0.2, 0) is 29.0 Å². The Morgan fingerprint density at radius 3 is 2.55 bits per heavy atom. The highest BCUT2D eigenvalue weighted by Gasteiger charge is 2.14. The van der Waals surface area contributed by atoms with Crippen LogP contribution >= 0.6 is 0 Å². The van der Waals surface area contributed by atoms with Crippen molar-refractivity contribution in [2.45, 2.75) is 78.3 Å². The van der Waals surface area contributed by atoms with Crippen LogP contribution < -0.4 is 21.5 Å². The number of imidazole rings is 1. The SMILES string of the molecule is CCCCCCn1cc(CCC(=O)OC)[n+](CCCC)c1.[Br-]. The Hall–Kier alpha value is -0.840. The molecule has 128 valence electrons. The molecule has 1 heterocycles.